The van der Waals surface area contributed by atoms with E-state index >= 15 is 0 Å². The zero-order valence-corrected chi connectivity index (χ0v) is 28.1. The smallest absolute Gasteiger partial charge is 0.334 e. The van der Waals surface area contributed by atoms with Crippen LogP contribution in [-0.4, -0.2) is 70.1 Å². The molecular weight excluding hydrogens is 556 g/mol. The Labute approximate surface area is 268 Å². The molecule has 0 spiro atoms. The van der Waals surface area contributed by atoms with Crippen LogP contribution < -0.4 is 0 Å². The highest BCUT2D eigenvalue weighted by molar-refractivity contribution is 5.90. The summed E-state index contributed by atoms with van der Waals surface area (Å²) < 4.78 is 17.7. The summed E-state index contributed by atoms with van der Waals surface area (Å²) in [6, 6.07) is 0. The zero-order valence-electron chi connectivity index (χ0n) is 28.1. The Balaban J connectivity index is 1.12. The summed E-state index contributed by atoms with van der Waals surface area (Å²) in [4.78, 5) is 11.6. The summed E-state index contributed by atoms with van der Waals surface area (Å²) in [6.07, 6.45) is 25.9. The second-order valence-electron chi connectivity index (χ2n) is 14.0. The molecule has 0 unspecified atom stereocenters. The minimum absolute atomic E-state index is 0.0351. The van der Waals surface area contributed by atoms with Crippen molar-refractivity contribution in [3.63, 3.8) is 0 Å². The first-order chi connectivity index (χ1) is 21.4. The van der Waals surface area contributed by atoms with Crippen molar-refractivity contribution >= 4 is 5.97 Å². The minimum atomic E-state index is -0.426. The molecule has 8 atom stereocenters. The van der Waals surface area contributed by atoms with Crippen LogP contribution in [-0.2, 0) is 19.0 Å². The van der Waals surface area contributed by atoms with Gasteiger partial charge in [0.15, 0.2) is 0 Å². The molecule has 0 aliphatic carbocycles. The fourth-order valence-corrected chi connectivity index (χ4v) is 7.26. The van der Waals surface area contributed by atoms with E-state index in [2.05, 4.69) is 6.92 Å². The fraction of sp³-hybridized carbons (Fsp3) is 0.919. The van der Waals surface area contributed by atoms with Gasteiger partial charge in [0, 0.05) is 5.57 Å². The summed E-state index contributed by atoms with van der Waals surface area (Å²) in [5.74, 6) is -0.123. The molecule has 2 saturated heterocycles. The lowest BCUT2D eigenvalue weighted by Gasteiger charge is -2.24. The predicted molar refractivity (Wildman–Crippen MR) is 175 cm³/mol. The molecule has 3 heterocycles. The Morgan fingerprint density at radius 2 is 1.11 bits per heavy atom. The molecule has 256 valence electrons. The highest BCUT2D eigenvalue weighted by atomic mass is 16.6. The molecule has 0 bridgehead atoms. The molecule has 2 fully saturated rings. The summed E-state index contributed by atoms with van der Waals surface area (Å²) >= 11 is 0. The normalized spacial score (nSPS) is 27.4. The van der Waals surface area contributed by atoms with Crippen molar-refractivity contribution in [2.45, 2.75) is 217 Å². The van der Waals surface area contributed by atoms with E-state index in [-0.39, 0.29) is 42.6 Å². The van der Waals surface area contributed by atoms with Crippen LogP contribution in [0, 0.1) is 0 Å². The molecule has 7 heteroatoms. The molecule has 44 heavy (non-hydrogen) atoms. The molecular formula is C37H66O7. The fourth-order valence-electron chi connectivity index (χ4n) is 7.26. The molecule has 7 nitrogen and oxygen atoms in total. The molecule has 0 amide bonds. The quantitative estimate of drug-likeness (QED) is 0.0703. The first-order valence-corrected chi connectivity index (χ1v) is 18.6. The SMILES string of the molecule is CCCC[C@H](O)CCCCC[C@H](O)[C@H]1CC[C@H]([C@H]2CC[C@H]([C@H](O)CCCCCCCCCCCCC3=C[C@H](C)OC3=O)O2)O1. The number of carbonyl (C=O) groups is 1. The highest BCUT2D eigenvalue weighted by Crippen LogP contribution is 2.34. The lowest BCUT2D eigenvalue weighted by Crippen LogP contribution is -2.33. The van der Waals surface area contributed by atoms with E-state index in [4.69, 9.17) is 14.2 Å². The number of carbonyl (C=O) groups excluding carboxylic acids is 1. The Morgan fingerprint density at radius 1 is 0.659 bits per heavy atom. The van der Waals surface area contributed by atoms with Crippen LogP contribution in [0.5, 0.6) is 0 Å². The number of aliphatic hydroxyl groups excluding tert-OH is 3. The average Bonchev–Trinajstić information content (AvgIpc) is 3.76. The van der Waals surface area contributed by atoms with Crippen LogP contribution in [0.3, 0.4) is 0 Å². The maximum atomic E-state index is 11.6. The van der Waals surface area contributed by atoms with E-state index in [0.29, 0.717) is 0 Å². The number of hydrogen-bond acceptors (Lipinski definition) is 7. The zero-order chi connectivity index (χ0) is 31.6. The van der Waals surface area contributed by atoms with Gasteiger partial charge < -0.3 is 29.5 Å². The Kier molecular flexibility index (Phi) is 18.5. The van der Waals surface area contributed by atoms with E-state index in [1.807, 2.05) is 13.0 Å². The van der Waals surface area contributed by atoms with Crippen LogP contribution in [0.2, 0.25) is 0 Å². The van der Waals surface area contributed by atoms with Crippen LogP contribution in [0.25, 0.3) is 0 Å². The van der Waals surface area contributed by atoms with Crippen molar-refractivity contribution < 1.29 is 34.3 Å². The summed E-state index contributed by atoms with van der Waals surface area (Å²) in [5, 5.41) is 31.4. The molecule has 0 saturated carbocycles. The first kappa shape index (κ1) is 37.5. The predicted octanol–water partition coefficient (Wildman–Crippen LogP) is 7.86. The number of ether oxygens (including phenoxy) is 3. The molecule has 3 aliphatic rings. The number of hydrogen-bond donors (Lipinski definition) is 3. The van der Waals surface area contributed by atoms with E-state index in [0.717, 1.165) is 108 Å². The van der Waals surface area contributed by atoms with Crippen molar-refractivity contribution in [2.24, 2.45) is 0 Å². The van der Waals surface area contributed by atoms with Gasteiger partial charge >= 0.3 is 5.97 Å². The molecule has 3 rings (SSSR count). The van der Waals surface area contributed by atoms with Gasteiger partial charge in [0.25, 0.3) is 0 Å². The lowest BCUT2D eigenvalue weighted by molar-refractivity contribution is -0.139. The number of rotatable bonds is 25. The van der Waals surface area contributed by atoms with Crippen molar-refractivity contribution in [3.05, 3.63) is 11.6 Å². The molecule has 0 aromatic carbocycles. The maximum absolute atomic E-state index is 11.6. The molecule has 0 radical (unpaired) electrons. The van der Waals surface area contributed by atoms with Crippen molar-refractivity contribution in [1.82, 2.24) is 0 Å². The third-order valence-electron chi connectivity index (χ3n) is 10.1. The van der Waals surface area contributed by atoms with Crippen molar-refractivity contribution in [1.29, 1.82) is 0 Å². The first-order valence-electron chi connectivity index (χ1n) is 18.6. The second kappa shape index (κ2) is 21.7. The third-order valence-corrected chi connectivity index (χ3v) is 10.1. The van der Waals surface area contributed by atoms with Crippen molar-refractivity contribution in [3.8, 4) is 0 Å². The van der Waals surface area contributed by atoms with Crippen LogP contribution in [0.15, 0.2) is 11.6 Å². The van der Waals surface area contributed by atoms with Gasteiger partial charge in [0.05, 0.1) is 42.7 Å². The maximum Gasteiger partial charge on any atom is 0.334 e. The van der Waals surface area contributed by atoms with E-state index in [1.54, 1.807) is 0 Å². The highest BCUT2D eigenvalue weighted by Gasteiger charge is 2.40. The van der Waals surface area contributed by atoms with Gasteiger partial charge in [-0.15, -0.1) is 0 Å². The number of esters is 1. The largest absolute Gasteiger partial charge is 0.455 e. The van der Waals surface area contributed by atoms with E-state index in [1.165, 1.54) is 51.4 Å². The van der Waals surface area contributed by atoms with Crippen LogP contribution in [0.4, 0.5) is 0 Å². The van der Waals surface area contributed by atoms with Crippen LogP contribution in [0.1, 0.15) is 168 Å². The molecule has 0 aromatic heterocycles. The summed E-state index contributed by atoms with van der Waals surface area (Å²) in [6.45, 7) is 4.06. The van der Waals surface area contributed by atoms with Gasteiger partial charge in [-0.25, -0.2) is 4.79 Å². The molecule has 3 N–H and O–H groups in total. The monoisotopic (exact) mass is 622 g/mol. The average molecular weight is 623 g/mol. The second-order valence-corrected chi connectivity index (χ2v) is 14.0. The standard InChI is InChI=1S/C37H66O7/c1-3-4-19-30(38)20-15-13-17-22-32(40)34-24-26-36(44-34)35-25-23-33(43-35)31(39)21-16-12-10-8-6-5-7-9-11-14-18-29-27-28(2)42-37(29)41/h27-28,30-36,38-40H,3-26H2,1-2H3/t28-,30-,31+,32-,33+,34+,35+,36+/m0/s1. The summed E-state index contributed by atoms with van der Waals surface area (Å²) in [7, 11) is 0. The topological polar surface area (TPSA) is 105 Å². The number of cyclic esters (lactones) is 1. The van der Waals surface area contributed by atoms with Crippen molar-refractivity contribution in [2.75, 3.05) is 0 Å². The number of aliphatic hydroxyl groups is 3. The lowest BCUT2D eigenvalue weighted by atomic mass is 10.00. The van der Waals surface area contributed by atoms with Gasteiger partial charge in [-0.05, 0) is 77.2 Å². The molecule has 3 aliphatic heterocycles. The Bertz CT molecular complexity index is 801. The van der Waals surface area contributed by atoms with Gasteiger partial charge in [0.1, 0.15) is 6.10 Å². The van der Waals surface area contributed by atoms with E-state index < -0.39 is 12.2 Å². The Hall–Kier alpha value is -0.990. The summed E-state index contributed by atoms with van der Waals surface area (Å²) in [5.41, 5.74) is 0.864. The van der Waals surface area contributed by atoms with Gasteiger partial charge in [0.2, 0.25) is 0 Å². The third kappa shape index (κ3) is 14.2. The Morgan fingerprint density at radius 3 is 1.61 bits per heavy atom. The van der Waals surface area contributed by atoms with Gasteiger partial charge in [-0.1, -0.05) is 96.8 Å². The van der Waals surface area contributed by atoms with Gasteiger partial charge in [-0.3, -0.25) is 0 Å². The molecule has 0 aromatic rings. The van der Waals surface area contributed by atoms with Gasteiger partial charge in [-0.2, -0.15) is 0 Å². The minimum Gasteiger partial charge on any atom is -0.455 e. The van der Waals surface area contributed by atoms with Crippen LogP contribution >= 0.6 is 0 Å². The van der Waals surface area contributed by atoms with E-state index in [9.17, 15) is 20.1 Å². The number of unbranched alkanes of at least 4 members (excludes halogenated alkanes) is 12.